The zero-order valence-corrected chi connectivity index (χ0v) is 13.9. The molecule has 0 aromatic heterocycles. The summed E-state index contributed by atoms with van der Waals surface area (Å²) in [5.74, 6) is 0.220. The lowest BCUT2D eigenvalue weighted by Gasteiger charge is -2.20. The van der Waals surface area contributed by atoms with Crippen molar-refractivity contribution in [2.24, 2.45) is 0 Å². The Morgan fingerprint density at radius 2 is 1.83 bits per heavy atom. The molecule has 0 heterocycles. The molecular formula is C16H18N2O4S. The maximum Gasteiger partial charge on any atom is 0.255 e. The first-order valence-electron chi connectivity index (χ1n) is 6.81. The SMILES string of the molecule is COc1cccc(C(=O)Nc2ccccc2N(C)S(C)(=O)=O)c1. The average Bonchev–Trinajstić information content (AvgIpc) is 2.54. The van der Waals surface area contributed by atoms with Crippen LogP contribution in [-0.4, -0.2) is 34.7 Å². The molecule has 6 nitrogen and oxygen atoms in total. The Hall–Kier alpha value is -2.54. The topological polar surface area (TPSA) is 75.7 Å². The second-order valence-corrected chi connectivity index (χ2v) is 6.95. The van der Waals surface area contributed by atoms with E-state index in [1.807, 2.05) is 0 Å². The van der Waals surface area contributed by atoms with Gasteiger partial charge in [-0.3, -0.25) is 9.10 Å². The fourth-order valence-electron chi connectivity index (χ4n) is 1.99. The molecule has 0 unspecified atom stereocenters. The van der Waals surface area contributed by atoms with Crippen molar-refractivity contribution >= 4 is 27.3 Å². The lowest BCUT2D eigenvalue weighted by Crippen LogP contribution is -2.26. The number of nitrogens with zero attached hydrogens (tertiary/aromatic N) is 1. The van der Waals surface area contributed by atoms with Gasteiger partial charge in [-0.25, -0.2) is 8.42 Å². The van der Waals surface area contributed by atoms with Crippen LogP contribution >= 0.6 is 0 Å². The van der Waals surface area contributed by atoms with Gasteiger partial charge in [0.25, 0.3) is 5.91 Å². The van der Waals surface area contributed by atoms with Gasteiger partial charge >= 0.3 is 0 Å². The number of para-hydroxylation sites is 2. The lowest BCUT2D eigenvalue weighted by atomic mass is 10.2. The van der Waals surface area contributed by atoms with Crippen molar-refractivity contribution < 1.29 is 17.9 Å². The Labute approximate surface area is 135 Å². The number of rotatable bonds is 5. The van der Waals surface area contributed by atoms with Crippen molar-refractivity contribution in [2.45, 2.75) is 0 Å². The van der Waals surface area contributed by atoms with Gasteiger partial charge in [-0.05, 0) is 30.3 Å². The molecule has 0 bridgehead atoms. The van der Waals surface area contributed by atoms with Gasteiger partial charge in [0.1, 0.15) is 5.75 Å². The van der Waals surface area contributed by atoms with Gasteiger partial charge in [0.05, 0.1) is 24.7 Å². The van der Waals surface area contributed by atoms with Crippen LogP contribution in [0, 0.1) is 0 Å². The van der Waals surface area contributed by atoms with Crippen LogP contribution in [0.5, 0.6) is 5.75 Å². The van der Waals surface area contributed by atoms with E-state index in [-0.39, 0.29) is 5.91 Å². The molecule has 0 aliphatic rings. The summed E-state index contributed by atoms with van der Waals surface area (Å²) in [6, 6.07) is 13.4. The van der Waals surface area contributed by atoms with Crippen LogP contribution in [0.3, 0.4) is 0 Å². The largest absolute Gasteiger partial charge is 0.497 e. The number of carbonyl (C=O) groups is 1. The van der Waals surface area contributed by atoms with Crippen molar-refractivity contribution in [1.29, 1.82) is 0 Å². The minimum absolute atomic E-state index is 0.349. The maximum absolute atomic E-state index is 12.4. The highest BCUT2D eigenvalue weighted by Gasteiger charge is 2.17. The fourth-order valence-corrected chi connectivity index (χ4v) is 2.51. The standard InChI is InChI=1S/C16H18N2O4S/c1-18(23(3,20)21)15-10-5-4-9-14(15)17-16(19)12-7-6-8-13(11-12)22-2/h4-11H,1-3H3,(H,17,19). The zero-order valence-electron chi connectivity index (χ0n) is 13.1. The molecule has 2 aromatic rings. The Kier molecular flexibility index (Phi) is 4.90. The van der Waals surface area contributed by atoms with Crippen molar-refractivity contribution in [2.75, 3.05) is 30.0 Å². The molecular weight excluding hydrogens is 316 g/mol. The number of ether oxygens (including phenoxy) is 1. The highest BCUT2D eigenvalue weighted by Crippen LogP contribution is 2.27. The van der Waals surface area contributed by atoms with E-state index in [2.05, 4.69) is 5.32 Å². The number of hydrogen-bond donors (Lipinski definition) is 1. The predicted octanol–water partition coefficient (Wildman–Crippen LogP) is 2.34. The predicted molar refractivity (Wildman–Crippen MR) is 90.6 cm³/mol. The van der Waals surface area contributed by atoms with E-state index in [9.17, 15) is 13.2 Å². The van der Waals surface area contributed by atoms with Crippen LogP contribution in [0.15, 0.2) is 48.5 Å². The van der Waals surface area contributed by atoms with Crippen molar-refractivity contribution in [3.05, 3.63) is 54.1 Å². The minimum Gasteiger partial charge on any atom is -0.497 e. The first-order chi connectivity index (χ1) is 10.8. The van der Waals surface area contributed by atoms with Crippen LogP contribution < -0.4 is 14.4 Å². The summed E-state index contributed by atoms with van der Waals surface area (Å²) < 4.78 is 29.7. The molecule has 2 aromatic carbocycles. The summed E-state index contributed by atoms with van der Waals surface area (Å²) in [7, 11) is -0.470. The number of hydrogen-bond acceptors (Lipinski definition) is 4. The summed E-state index contributed by atoms with van der Waals surface area (Å²) in [6.07, 6.45) is 1.10. The van der Waals surface area contributed by atoms with Gasteiger partial charge in [0.15, 0.2) is 0 Å². The molecule has 0 atom stereocenters. The molecule has 0 spiro atoms. The third kappa shape index (κ3) is 4.01. The van der Waals surface area contributed by atoms with E-state index >= 15 is 0 Å². The molecule has 0 aliphatic carbocycles. The molecule has 23 heavy (non-hydrogen) atoms. The summed E-state index contributed by atoms with van der Waals surface area (Å²) in [5, 5.41) is 2.73. The minimum atomic E-state index is -3.43. The molecule has 0 radical (unpaired) electrons. The van der Waals surface area contributed by atoms with E-state index in [1.54, 1.807) is 48.5 Å². The lowest BCUT2D eigenvalue weighted by molar-refractivity contribution is 0.102. The number of nitrogens with one attached hydrogen (secondary N) is 1. The van der Waals surface area contributed by atoms with Gasteiger partial charge in [0, 0.05) is 12.6 Å². The number of anilines is 2. The third-order valence-corrected chi connectivity index (χ3v) is 4.51. The van der Waals surface area contributed by atoms with Crippen LogP contribution in [-0.2, 0) is 10.0 Å². The molecule has 1 amide bonds. The van der Waals surface area contributed by atoms with Gasteiger partial charge in [-0.15, -0.1) is 0 Å². The normalized spacial score (nSPS) is 10.9. The van der Waals surface area contributed by atoms with Gasteiger partial charge in [-0.1, -0.05) is 18.2 Å². The molecule has 0 saturated heterocycles. The van der Waals surface area contributed by atoms with Crippen molar-refractivity contribution in [3.63, 3.8) is 0 Å². The molecule has 0 fully saturated rings. The van der Waals surface area contributed by atoms with E-state index < -0.39 is 10.0 Å². The molecule has 122 valence electrons. The van der Waals surface area contributed by atoms with Crippen LogP contribution in [0.2, 0.25) is 0 Å². The van der Waals surface area contributed by atoms with Crippen LogP contribution in [0.25, 0.3) is 0 Å². The number of amides is 1. The van der Waals surface area contributed by atoms with E-state index in [4.69, 9.17) is 4.74 Å². The van der Waals surface area contributed by atoms with Gasteiger partial charge in [-0.2, -0.15) is 0 Å². The van der Waals surface area contributed by atoms with Crippen LogP contribution in [0.1, 0.15) is 10.4 Å². The van der Waals surface area contributed by atoms with E-state index in [0.29, 0.717) is 22.7 Å². The zero-order chi connectivity index (χ0) is 17.0. The first kappa shape index (κ1) is 16.8. The summed E-state index contributed by atoms with van der Waals surface area (Å²) in [6.45, 7) is 0. The monoisotopic (exact) mass is 334 g/mol. The number of sulfonamides is 1. The maximum atomic E-state index is 12.4. The Balaban J connectivity index is 2.31. The highest BCUT2D eigenvalue weighted by atomic mass is 32.2. The molecule has 7 heteroatoms. The second kappa shape index (κ2) is 6.70. The van der Waals surface area contributed by atoms with Crippen molar-refractivity contribution in [3.8, 4) is 5.75 Å². The van der Waals surface area contributed by atoms with E-state index in [1.165, 1.54) is 14.2 Å². The average molecular weight is 334 g/mol. The molecule has 2 rings (SSSR count). The van der Waals surface area contributed by atoms with Gasteiger partial charge < -0.3 is 10.1 Å². The third-order valence-electron chi connectivity index (χ3n) is 3.32. The summed E-state index contributed by atoms with van der Waals surface area (Å²) in [4.78, 5) is 12.4. The van der Waals surface area contributed by atoms with Crippen molar-refractivity contribution in [1.82, 2.24) is 0 Å². The Morgan fingerprint density at radius 1 is 1.13 bits per heavy atom. The van der Waals surface area contributed by atoms with Gasteiger partial charge in [0.2, 0.25) is 10.0 Å². The molecule has 0 aliphatic heterocycles. The second-order valence-electron chi connectivity index (χ2n) is 4.93. The smallest absolute Gasteiger partial charge is 0.255 e. The molecule has 1 N–H and O–H groups in total. The fraction of sp³-hybridized carbons (Fsp3) is 0.188. The first-order valence-corrected chi connectivity index (χ1v) is 8.66. The Bertz CT molecular complexity index is 818. The number of carbonyl (C=O) groups excluding carboxylic acids is 1. The Morgan fingerprint density at radius 3 is 2.48 bits per heavy atom. The summed E-state index contributed by atoms with van der Waals surface area (Å²) in [5.41, 5.74) is 1.22. The molecule has 0 saturated carbocycles. The van der Waals surface area contributed by atoms with Crippen LogP contribution in [0.4, 0.5) is 11.4 Å². The summed E-state index contributed by atoms with van der Waals surface area (Å²) >= 11 is 0. The van der Waals surface area contributed by atoms with E-state index in [0.717, 1.165) is 10.6 Å². The highest BCUT2D eigenvalue weighted by molar-refractivity contribution is 7.92. The number of methoxy groups -OCH3 is 1. The number of benzene rings is 2. The quantitative estimate of drug-likeness (QED) is 0.910.